The summed E-state index contributed by atoms with van der Waals surface area (Å²) in [5.41, 5.74) is -1.06. The molecule has 0 aromatic carbocycles. The molecular weight excluding hydrogens is 234 g/mol. The molecule has 0 bridgehead atoms. The van der Waals surface area contributed by atoms with Crippen LogP contribution < -0.4 is 0 Å². The molecule has 0 aliphatic carbocycles. The maximum absolute atomic E-state index is 11.3. The van der Waals surface area contributed by atoms with Crippen LogP contribution >= 0.6 is 0 Å². The summed E-state index contributed by atoms with van der Waals surface area (Å²) in [5, 5.41) is 10.4. The first-order chi connectivity index (χ1) is 7.28. The number of amidine groups is 1. The van der Waals surface area contributed by atoms with Crippen LogP contribution in [0.5, 0.6) is 0 Å². The van der Waals surface area contributed by atoms with Gasteiger partial charge in [-0.3, -0.25) is 0 Å². The predicted octanol–water partition coefficient (Wildman–Crippen LogP) is 0.164. The summed E-state index contributed by atoms with van der Waals surface area (Å²) < 4.78 is 22.5. The van der Waals surface area contributed by atoms with Crippen molar-refractivity contribution < 1.29 is 13.3 Å². The van der Waals surface area contributed by atoms with Crippen LogP contribution in [0.3, 0.4) is 0 Å². The van der Waals surface area contributed by atoms with Gasteiger partial charge in [0, 0.05) is 19.1 Å². The summed E-state index contributed by atoms with van der Waals surface area (Å²) >= 11 is 0. The van der Waals surface area contributed by atoms with Gasteiger partial charge in [-0.05, 0) is 9.92 Å². The minimum atomic E-state index is -3.11. The van der Waals surface area contributed by atoms with Gasteiger partial charge < -0.3 is 10.1 Å². The summed E-state index contributed by atoms with van der Waals surface area (Å²) in [6, 6.07) is 0. The van der Waals surface area contributed by atoms with Gasteiger partial charge in [0.1, 0.15) is 9.84 Å². The second-order valence-corrected chi connectivity index (χ2v) is 6.09. The molecule has 89 valence electrons. The highest BCUT2D eigenvalue weighted by Crippen LogP contribution is 2.22. The van der Waals surface area contributed by atoms with Crippen LogP contribution in [-0.4, -0.2) is 42.6 Å². The van der Waals surface area contributed by atoms with Crippen LogP contribution in [0.25, 0.3) is 0 Å². The quantitative estimate of drug-likeness (QED) is 0.520. The average molecular weight is 246 g/mol. The van der Waals surface area contributed by atoms with Gasteiger partial charge in [0.05, 0.1) is 5.75 Å². The van der Waals surface area contributed by atoms with Crippen LogP contribution in [-0.2, 0) is 9.84 Å². The highest BCUT2D eigenvalue weighted by Gasteiger charge is 2.37. The molecule has 7 nitrogen and oxygen atoms in total. The summed E-state index contributed by atoms with van der Waals surface area (Å²) in [6.07, 6.45) is 2.31. The van der Waals surface area contributed by atoms with Gasteiger partial charge in [0.25, 0.3) is 0 Å². The molecule has 0 spiro atoms. The number of hydrogen-bond donors (Lipinski definition) is 0. The molecule has 0 aromatic rings. The third-order valence-corrected chi connectivity index (χ3v) is 3.95. The fraction of sp³-hybridized carbons (Fsp3) is 0.750. The van der Waals surface area contributed by atoms with Crippen molar-refractivity contribution in [2.24, 2.45) is 9.98 Å². The molecule has 0 saturated heterocycles. The van der Waals surface area contributed by atoms with Gasteiger partial charge in [-0.25, -0.2) is 13.4 Å². The molecule has 1 unspecified atom stereocenters. The lowest BCUT2D eigenvalue weighted by Gasteiger charge is -2.10. The van der Waals surface area contributed by atoms with E-state index in [4.69, 9.17) is 0 Å². The standard InChI is InChI=1S/C8H12N3O4S/c1-3-16(14,15)5-4-8(2)9-6-7(10-8)11(12)13/h3-5H2,1-2H3. The predicted molar refractivity (Wildman–Crippen MR) is 59.2 cm³/mol. The third kappa shape index (κ3) is 3.09. The molecule has 16 heavy (non-hydrogen) atoms. The van der Waals surface area contributed by atoms with E-state index < -0.39 is 26.3 Å². The second-order valence-electron chi connectivity index (χ2n) is 3.62. The van der Waals surface area contributed by atoms with Crippen molar-refractivity contribution in [3.05, 3.63) is 10.1 Å². The Morgan fingerprint density at radius 3 is 2.62 bits per heavy atom. The molecule has 0 amide bonds. The molecular formula is C8H12N3O4S. The summed E-state index contributed by atoms with van der Waals surface area (Å²) in [6.45, 7) is 3.09. The lowest BCUT2D eigenvalue weighted by molar-refractivity contribution is -0.345. The molecule has 8 heteroatoms. The monoisotopic (exact) mass is 246 g/mol. The number of nitrogens with zero attached hydrogens (tertiary/aromatic N) is 3. The van der Waals surface area contributed by atoms with Crippen molar-refractivity contribution in [3.63, 3.8) is 0 Å². The van der Waals surface area contributed by atoms with Crippen molar-refractivity contribution in [2.45, 2.75) is 25.9 Å². The third-order valence-electron chi connectivity index (χ3n) is 2.24. The molecule has 0 aromatic heterocycles. The first-order valence-electron chi connectivity index (χ1n) is 4.70. The molecule has 1 aliphatic heterocycles. The Morgan fingerprint density at radius 2 is 2.19 bits per heavy atom. The van der Waals surface area contributed by atoms with E-state index in [0.717, 1.165) is 0 Å². The van der Waals surface area contributed by atoms with Gasteiger partial charge in [-0.15, -0.1) is 0 Å². The Labute approximate surface area is 93.4 Å². The number of hydrogen-bond acceptors (Lipinski definition) is 6. The number of sulfone groups is 1. The molecule has 1 aliphatic rings. The minimum absolute atomic E-state index is 0.0440. The molecule has 1 radical (unpaired) electrons. The van der Waals surface area contributed by atoms with Gasteiger partial charge >= 0.3 is 5.84 Å². The molecule has 0 saturated carbocycles. The summed E-state index contributed by atoms with van der Waals surface area (Å²) in [5.74, 6) is -0.487. The topological polar surface area (TPSA) is 102 Å². The number of aliphatic imine (C=N–C) groups is 2. The zero-order valence-electron chi connectivity index (χ0n) is 9.00. The minimum Gasteiger partial charge on any atom is -0.358 e. The van der Waals surface area contributed by atoms with Crippen molar-refractivity contribution in [3.8, 4) is 0 Å². The molecule has 0 fully saturated rings. The maximum atomic E-state index is 11.3. The van der Waals surface area contributed by atoms with Gasteiger partial charge in [-0.2, -0.15) is 0 Å². The van der Waals surface area contributed by atoms with Gasteiger partial charge in [0.2, 0.25) is 5.66 Å². The summed E-state index contributed by atoms with van der Waals surface area (Å²) in [7, 11) is -3.11. The highest BCUT2D eigenvalue weighted by molar-refractivity contribution is 7.91. The first kappa shape index (κ1) is 12.8. The van der Waals surface area contributed by atoms with E-state index in [1.807, 2.05) is 0 Å². The fourth-order valence-corrected chi connectivity index (χ4v) is 2.12. The SMILES string of the molecule is CCS(=O)(=O)CCC1(C)N=[C]C([N+](=O)[O-])=N1. The number of nitro groups is 1. The van der Waals surface area contributed by atoms with E-state index in [1.165, 1.54) is 0 Å². The molecule has 1 rings (SSSR count). The molecule has 1 atom stereocenters. The zero-order valence-corrected chi connectivity index (χ0v) is 9.82. The van der Waals surface area contributed by atoms with E-state index in [9.17, 15) is 18.5 Å². The van der Waals surface area contributed by atoms with E-state index in [1.54, 1.807) is 13.8 Å². The van der Waals surface area contributed by atoms with E-state index in [2.05, 4.69) is 16.2 Å². The average Bonchev–Trinajstić information content (AvgIpc) is 2.60. The van der Waals surface area contributed by atoms with Gasteiger partial charge in [-0.1, -0.05) is 6.92 Å². The van der Waals surface area contributed by atoms with E-state index in [0.29, 0.717) is 0 Å². The maximum Gasteiger partial charge on any atom is 0.389 e. The van der Waals surface area contributed by atoms with Crippen LogP contribution in [0.1, 0.15) is 20.3 Å². The second kappa shape index (κ2) is 4.28. The largest absolute Gasteiger partial charge is 0.389 e. The van der Waals surface area contributed by atoms with Crippen LogP contribution in [0.15, 0.2) is 9.98 Å². The normalized spacial score (nSPS) is 24.5. The zero-order chi connectivity index (χ0) is 12.4. The van der Waals surface area contributed by atoms with Crippen molar-refractivity contribution in [1.29, 1.82) is 0 Å². The Balaban J connectivity index is 2.70. The van der Waals surface area contributed by atoms with Crippen LogP contribution in [0.2, 0.25) is 0 Å². The Morgan fingerprint density at radius 1 is 1.56 bits per heavy atom. The molecule has 1 heterocycles. The summed E-state index contributed by atoms with van der Waals surface area (Å²) in [4.78, 5) is 17.2. The fourth-order valence-electron chi connectivity index (χ4n) is 1.14. The van der Waals surface area contributed by atoms with Crippen molar-refractivity contribution in [1.82, 2.24) is 0 Å². The van der Waals surface area contributed by atoms with E-state index >= 15 is 0 Å². The Kier molecular flexibility index (Phi) is 3.41. The lowest BCUT2D eigenvalue weighted by Crippen LogP contribution is -2.23. The first-order valence-corrected chi connectivity index (χ1v) is 6.53. The van der Waals surface area contributed by atoms with Crippen molar-refractivity contribution >= 4 is 21.9 Å². The number of rotatable bonds is 4. The Bertz CT molecular complexity index is 454. The van der Waals surface area contributed by atoms with Crippen molar-refractivity contribution in [2.75, 3.05) is 11.5 Å². The highest BCUT2D eigenvalue weighted by atomic mass is 32.2. The van der Waals surface area contributed by atoms with Crippen LogP contribution in [0.4, 0.5) is 0 Å². The smallest absolute Gasteiger partial charge is 0.358 e. The molecule has 0 N–H and O–H groups in total. The van der Waals surface area contributed by atoms with E-state index in [-0.39, 0.29) is 17.9 Å². The lowest BCUT2D eigenvalue weighted by atomic mass is 10.2. The Hall–Kier alpha value is -1.31. The van der Waals surface area contributed by atoms with Crippen LogP contribution in [0, 0.1) is 10.1 Å². The van der Waals surface area contributed by atoms with Gasteiger partial charge in [0.15, 0.2) is 6.21 Å².